The highest BCUT2D eigenvalue weighted by Crippen LogP contribution is 2.57. The molecule has 2 nitrogen and oxygen atoms in total. The molecule has 1 atom stereocenters. The summed E-state index contributed by atoms with van der Waals surface area (Å²) < 4.78 is 14.0. The lowest BCUT2D eigenvalue weighted by Crippen LogP contribution is -2.42. The largest absolute Gasteiger partial charge is 0.398 e. The molecule has 3 heteroatoms. The highest BCUT2D eigenvalue weighted by atomic mass is 31.2. The Bertz CT molecular complexity index is 762. The number of rotatable bonds is 1. The van der Waals surface area contributed by atoms with Crippen LogP contribution in [0.25, 0.3) is 0 Å². The molecule has 0 saturated heterocycles. The zero-order chi connectivity index (χ0) is 15.4. The van der Waals surface area contributed by atoms with Gasteiger partial charge in [0.15, 0.2) is 0 Å². The summed E-state index contributed by atoms with van der Waals surface area (Å²) in [7, 11) is -2.71. The first kappa shape index (κ1) is 14.4. The number of nitrogen functional groups attached to an aromatic ring is 1. The number of nitrogens with two attached hydrogens (primary N) is 1. The first-order chi connectivity index (χ1) is 9.81. The summed E-state index contributed by atoms with van der Waals surface area (Å²) in [5.74, 6) is 0. The SMILES string of the molecule is CC(C)P1(=O)c2ccccc2C(C)(C)c2cccc(N)c21. The monoisotopic (exact) mass is 299 g/mol. The average Bonchev–Trinajstić information content (AvgIpc) is 2.45. The Kier molecular flexibility index (Phi) is 3.07. The molecule has 21 heavy (non-hydrogen) atoms. The van der Waals surface area contributed by atoms with E-state index in [4.69, 9.17) is 5.73 Å². The van der Waals surface area contributed by atoms with Crippen LogP contribution in [0.15, 0.2) is 42.5 Å². The summed E-state index contributed by atoms with van der Waals surface area (Å²) in [5.41, 5.74) is 9.06. The third-order valence-electron chi connectivity index (χ3n) is 4.74. The topological polar surface area (TPSA) is 43.1 Å². The molecule has 110 valence electrons. The summed E-state index contributed by atoms with van der Waals surface area (Å²) in [4.78, 5) is 0. The van der Waals surface area contributed by atoms with E-state index in [9.17, 15) is 4.57 Å². The molecule has 2 aromatic rings. The standard InChI is InChI=1S/C18H22NOP/c1-12(2)21(20)16-11-6-5-8-13(16)18(3,4)14-9-7-10-15(19)17(14)21/h5-12H,19H2,1-4H3. The minimum atomic E-state index is -2.71. The first-order valence-corrected chi connectivity index (χ1v) is 9.18. The third kappa shape index (κ3) is 1.75. The highest BCUT2D eigenvalue weighted by Gasteiger charge is 2.46. The number of anilines is 1. The van der Waals surface area contributed by atoms with Crippen molar-refractivity contribution in [3.63, 3.8) is 0 Å². The van der Waals surface area contributed by atoms with Gasteiger partial charge in [-0.05, 0) is 17.2 Å². The van der Waals surface area contributed by atoms with E-state index in [0.717, 1.165) is 16.2 Å². The van der Waals surface area contributed by atoms with E-state index in [1.165, 1.54) is 5.56 Å². The van der Waals surface area contributed by atoms with Crippen LogP contribution in [0.2, 0.25) is 0 Å². The molecule has 1 heterocycles. The number of benzene rings is 2. The van der Waals surface area contributed by atoms with Crippen molar-refractivity contribution in [2.75, 3.05) is 5.73 Å². The zero-order valence-corrected chi connectivity index (χ0v) is 13.9. The Morgan fingerprint density at radius 1 is 1.00 bits per heavy atom. The van der Waals surface area contributed by atoms with E-state index in [0.29, 0.717) is 5.69 Å². The van der Waals surface area contributed by atoms with Gasteiger partial charge in [-0.1, -0.05) is 64.1 Å². The minimum absolute atomic E-state index is 0.0400. The second kappa shape index (κ2) is 4.48. The molecule has 0 aliphatic carbocycles. The Balaban J connectivity index is 2.51. The zero-order valence-electron chi connectivity index (χ0n) is 13.1. The van der Waals surface area contributed by atoms with Gasteiger partial charge in [0.1, 0.15) is 7.14 Å². The van der Waals surface area contributed by atoms with E-state index in [2.05, 4.69) is 26.0 Å². The van der Waals surface area contributed by atoms with Gasteiger partial charge in [-0.3, -0.25) is 0 Å². The maximum atomic E-state index is 14.0. The van der Waals surface area contributed by atoms with Crippen molar-refractivity contribution in [2.24, 2.45) is 0 Å². The molecule has 1 aliphatic heterocycles. The summed E-state index contributed by atoms with van der Waals surface area (Å²) >= 11 is 0. The maximum Gasteiger partial charge on any atom is 0.148 e. The molecule has 0 amide bonds. The van der Waals surface area contributed by atoms with Crippen LogP contribution in [0, 0.1) is 0 Å². The predicted molar refractivity (Wildman–Crippen MR) is 91.4 cm³/mol. The van der Waals surface area contributed by atoms with Crippen LogP contribution >= 0.6 is 7.14 Å². The van der Waals surface area contributed by atoms with E-state index in [-0.39, 0.29) is 11.1 Å². The minimum Gasteiger partial charge on any atom is -0.398 e. The summed E-state index contributed by atoms with van der Waals surface area (Å²) in [5, 5.41) is 1.86. The fourth-order valence-corrected chi connectivity index (χ4v) is 7.03. The Morgan fingerprint density at radius 3 is 2.29 bits per heavy atom. The van der Waals surface area contributed by atoms with Crippen LogP contribution in [0.1, 0.15) is 38.8 Å². The van der Waals surface area contributed by atoms with Gasteiger partial charge in [0, 0.05) is 27.4 Å². The van der Waals surface area contributed by atoms with Crippen LogP contribution in [-0.2, 0) is 9.98 Å². The number of hydrogen-bond acceptors (Lipinski definition) is 2. The van der Waals surface area contributed by atoms with Crippen LogP contribution in [0.3, 0.4) is 0 Å². The summed E-state index contributed by atoms with van der Waals surface area (Å²) in [6, 6.07) is 14.1. The fourth-order valence-electron chi connectivity index (χ4n) is 3.53. The molecular weight excluding hydrogens is 277 g/mol. The molecular formula is C18H22NOP. The maximum absolute atomic E-state index is 14.0. The number of hydrogen-bond donors (Lipinski definition) is 1. The molecule has 0 saturated carbocycles. The predicted octanol–water partition coefficient (Wildman–Crippen LogP) is 3.63. The van der Waals surface area contributed by atoms with Crippen molar-refractivity contribution in [2.45, 2.75) is 38.8 Å². The van der Waals surface area contributed by atoms with Crippen molar-refractivity contribution < 1.29 is 4.57 Å². The summed E-state index contributed by atoms with van der Waals surface area (Å²) in [6.07, 6.45) is 0. The third-order valence-corrected chi connectivity index (χ3v) is 8.46. The molecule has 0 bridgehead atoms. The second-order valence-corrected chi connectivity index (χ2v) is 9.92. The molecule has 0 fully saturated rings. The Hall–Kier alpha value is -1.53. The molecule has 0 spiro atoms. The van der Waals surface area contributed by atoms with Crippen LogP contribution < -0.4 is 16.3 Å². The van der Waals surface area contributed by atoms with Gasteiger partial charge in [-0.2, -0.15) is 0 Å². The summed E-state index contributed by atoms with van der Waals surface area (Å²) in [6.45, 7) is 8.44. The van der Waals surface area contributed by atoms with Crippen LogP contribution in [0.5, 0.6) is 0 Å². The van der Waals surface area contributed by atoms with Crippen molar-refractivity contribution in [3.8, 4) is 0 Å². The van der Waals surface area contributed by atoms with Gasteiger partial charge in [0.2, 0.25) is 0 Å². The van der Waals surface area contributed by atoms with E-state index in [1.54, 1.807) is 0 Å². The van der Waals surface area contributed by atoms with Gasteiger partial charge in [0.25, 0.3) is 0 Å². The van der Waals surface area contributed by atoms with E-state index >= 15 is 0 Å². The molecule has 1 aliphatic rings. The van der Waals surface area contributed by atoms with E-state index < -0.39 is 7.14 Å². The normalized spacial score (nSPS) is 22.7. The van der Waals surface area contributed by atoms with Crippen LogP contribution in [0.4, 0.5) is 5.69 Å². The Morgan fingerprint density at radius 2 is 1.62 bits per heavy atom. The Labute approximate surface area is 126 Å². The van der Waals surface area contributed by atoms with Crippen molar-refractivity contribution in [3.05, 3.63) is 53.6 Å². The lowest BCUT2D eigenvalue weighted by atomic mass is 9.77. The molecule has 0 radical (unpaired) electrons. The molecule has 2 N–H and O–H groups in total. The number of fused-ring (bicyclic) bond motifs is 2. The first-order valence-electron chi connectivity index (χ1n) is 7.40. The van der Waals surface area contributed by atoms with Gasteiger partial charge in [-0.15, -0.1) is 0 Å². The van der Waals surface area contributed by atoms with Gasteiger partial charge < -0.3 is 10.3 Å². The van der Waals surface area contributed by atoms with Crippen LogP contribution in [-0.4, -0.2) is 5.66 Å². The van der Waals surface area contributed by atoms with E-state index in [1.807, 2.05) is 44.2 Å². The second-order valence-electron chi connectivity index (χ2n) is 6.64. The van der Waals surface area contributed by atoms with Crippen molar-refractivity contribution in [1.29, 1.82) is 0 Å². The lowest BCUT2D eigenvalue weighted by molar-refractivity contribution is 0.575. The highest BCUT2D eigenvalue weighted by molar-refractivity contribution is 7.79. The smallest absolute Gasteiger partial charge is 0.148 e. The fraction of sp³-hybridized carbons (Fsp3) is 0.333. The van der Waals surface area contributed by atoms with Gasteiger partial charge in [-0.25, -0.2) is 0 Å². The average molecular weight is 299 g/mol. The molecule has 1 unspecified atom stereocenters. The lowest BCUT2D eigenvalue weighted by Gasteiger charge is -2.41. The van der Waals surface area contributed by atoms with Crippen molar-refractivity contribution >= 4 is 23.4 Å². The quantitative estimate of drug-likeness (QED) is 0.645. The molecule has 0 aromatic heterocycles. The molecule has 2 aromatic carbocycles. The van der Waals surface area contributed by atoms with Gasteiger partial charge in [0.05, 0.1) is 0 Å². The van der Waals surface area contributed by atoms with Gasteiger partial charge >= 0.3 is 0 Å². The molecule has 3 rings (SSSR count). The van der Waals surface area contributed by atoms with Crippen molar-refractivity contribution in [1.82, 2.24) is 0 Å².